The molecule has 4 aromatic rings. The zero-order valence-electron chi connectivity index (χ0n) is 49.0. The molecule has 6 fully saturated rings. The monoisotopic (exact) mass is 1340 g/mol. The Bertz CT molecular complexity index is 3130. The van der Waals surface area contributed by atoms with Crippen LogP contribution in [0.15, 0.2) is 30.5 Å². The topological polar surface area (TPSA) is 188 Å². The third-order valence-electron chi connectivity index (χ3n) is 17.0. The molecule has 0 radical (unpaired) electrons. The second-order valence-electron chi connectivity index (χ2n) is 24.9. The van der Waals surface area contributed by atoms with Crippen molar-refractivity contribution >= 4 is 77.1 Å². The predicted octanol–water partition coefficient (Wildman–Crippen LogP) is 7.89. The van der Waals surface area contributed by atoms with Crippen LogP contribution in [-0.4, -0.2) is 205 Å². The van der Waals surface area contributed by atoms with Crippen molar-refractivity contribution in [2.24, 2.45) is 5.41 Å². The van der Waals surface area contributed by atoms with Crippen molar-refractivity contribution < 1.29 is 61.1 Å². The molecule has 22 heteroatoms. The number of fused-ring (bicyclic) bond motifs is 4. The fraction of sp³-hybridized carbons (Fsp3) is 0.623. The molecule has 6 saturated heterocycles. The molecule has 2 bridgehead atoms. The van der Waals surface area contributed by atoms with E-state index in [1.807, 2.05) is 46.4 Å². The quantitative estimate of drug-likeness (QED) is 0.0429. The van der Waals surface area contributed by atoms with Gasteiger partial charge in [-0.15, -0.1) is 0 Å². The van der Waals surface area contributed by atoms with Crippen LogP contribution < -0.4 is 14.4 Å². The van der Waals surface area contributed by atoms with E-state index >= 15 is 8.78 Å². The van der Waals surface area contributed by atoms with E-state index in [-0.39, 0.29) is 123 Å². The first-order chi connectivity index (χ1) is 39.7. The molecule has 0 aliphatic carbocycles. The summed E-state index contributed by atoms with van der Waals surface area (Å²) in [6.07, 6.45) is 8.94. The van der Waals surface area contributed by atoms with Gasteiger partial charge in [-0.2, -0.15) is 0 Å². The Balaban J connectivity index is 0.896. The number of likely N-dealkylation sites (tertiary alicyclic amines) is 3. The Morgan fingerprint density at radius 3 is 2.41 bits per heavy atom. The first-order valence-corrected chi connectivity index (χ1v) is 31.6. The molecular weight excluding hydrogens is 1260 g/mol. The molecule has 4 unspecified atom stereocenters. The number of methoxy groups -OCH3 is 2. The van der Waals surface area contributed by atoms with E-state index in [2.05, 4.69) is 19.2 Å². The van der Waals surface area contributed by atoms with E-state index in [0.29, 0.717) is 73.2 Å². The molecule has 8 atom stereocenters. The molecule has 3 amide bonds. The first kappa shape index (κ1) is 60.6. The van der Waals surface area contributed by atoms with Crippen LogP contribution in [0.25, 0.3) is 32.9 Å². The number of hydrogen-bond donors (Lipinski definition) is 0. The van der Waals surface area contributed by atoms with Crippen LogP contribution in [0.2, 0.25) is 0 Å². The number of carbonyl (C=O) groups is 4. The SMILES string of the molecule is COCOc1cc(-c2ncc3c(N4CC5CCC(C4)N5C(=O)OC(C)(C)C)nc(OC[C@@H]4CCCN4CCCC4CCC(=O)N4[C@H](C(=O)N4C[C@H](OC5CCCCO5)C[C@H]4C(=O)OC)C(C)(C)C)nc3c2F)c2c(C#[C][Tl])c(F)ccc2c1. The van der Waals surface area contributed by atoms with Gasteiger partial charge < -0.3 is 28.7 Å². The number of amides is 3. The van der Waals surface area contributed by atoms with Gasteiger partial charge in [0.15, 0.2) is 6.29 Å². The zero-order valence-corrected chi connectivity index (χ0v) is 53.5. The van der Waals surface area contributed by atoms with Gasteiger partial charge in [-0.25, -0.2) is 9.59 Å². The van der Waals surface area contributed by atoms with E-state index in [1.165, 1.54) is 20.3 Å². The van der Waals surface area contributed by atoms with E-state index in [4.69, 9.17) is 48.1 Å². The summed E-state index contributed by atoms with van der Waals surface area (Å²) < 4.78 is 77.4. The van der Waals surface area contributed by atoms with Crippen molar-refractivity contribution in [2.75, 3.05) is 71.8 Å². The second kappa shape index (κ2) is 25.6. The molecule has 444 valence electrons. The Morgan fingerprint density at radius 2 is 1.71 bits per heavy atom. The normalized spacial score (nSPS) is 24.3. The number of anilines is 1. The van der Waals surface area contributed by atoms with E-state index < -0.39 is 53.1 Å². The summed E-state index contributed by atoms with van der Waals surface area (Å²) in [6, 6.07) is 3.98. The van der Waals surface area contributed by atoms with Gasteiger partial charge in [0.25, 0.3) is 0 Å². The molecule has 0 N–H and O–H groups in total. The van der Waals surface area contributed by atoms with Crippen LogP contribution in [0.3, 0.4) is 0 Å². The number of nitrogens with zero attached hydrogens (tertiary/aromatic N) is 8. The number of esters is 1. The number of piperazine rings is 1. The molecule has 83 heavy (non-hydrogen) atoms. The average molecular weight is 1340 g/mol. The van der Waals surface area contributed by atoms with Crippen molar-refractivity contribution in [3.8, 4) is 32.4 Å². The molecule has 10 rings (SSSR count). The molecule has 2 aromatic carbocycles. The minimum atomic E-state index is -0.846. The number of halogens is 2. The maximum absolute atomic E-state index is 17.9. The van der Waals surface area contributed by atoms with Crippen LogP contribution in [0.5, 0.6) is 11.8 Å². The number of rotatable bonds is 17. The molecule has 6 aliphatic heterocycles. The van der Waals surface area contributed by atoms with Gasteiger partial charge in [0, 0.05) is 38.1 Å². The minimum absolute atomic E-state index is 0.0282. The number of benzene rings is 2. The molecular formula is C61H77F2N8O11Tl. The van der Waals surface area contributed by atoms with E-state index in [9.17, 15) is 19.2 Å². The molecule has 0 spiro atoms. The molecule has 6 aliphatic rings. The molecule has 2 aromatic heterocycles. The Labute approximate surface area is 500 Å². The number of carbonyl (C=O) groups excluding carboxylic acids is 4. The van der Waals surface area contributed by atoms with Crippen LogP contribution in [0.4, 0.5) is 19.4 Å². The summed E-state index contributed by atoms with van der Waals surface area (Å²) in [6.45, 7) is 14.7. The Hall–Kier alpha value is -5.55. The van der Waals surface area contributed by atoms with Gasteiger partial charge in [0.05, 0.1) is 25.3 Å². The van der Waals surface area contributed by atoms with Gasteiger partial charge in [0.2, 0.25) is 11.8 Å². The van der Waals surface area contributed by atoms with Gasteiger partial charge >= 0.3 is 222 Å². The maximum atomic E-state index is 17.9. The third-order valence-corrected chi connectivity index (χ3v) is 17.5. The summed E-state index contributed by atoms with van der Waals surface area (Å²) in [7, 11) is 2.82. The summed E-state index contributed by atoms with van der Waals surface area (Å²) in [5, 5.41) is 1.30. The zero-order chi connectivity index (χ0) is 58.9. The van der Waals surface area contributed by atoms with Crippen LogP contribution in [0, 0.1) is 26.4 Å². The summed E-state index contributed by atoms with van der Waals surface area (Å²) in [5.74, 6) is 1.54. The van der Waals surface area contributed by atoms with Crippen LogP contribution in [-0.2, 0) is 38.1 Å². The van der Waals surface area contributed by atoms with E-state index in [0.717, 1.165) is 57.9 Å². The third kappa shape index (κ3) is 13.2. The van der Waals surface area contributed by atoms with Gasteiger partial charge in [-0.1, -0.05) is 20.8 Å². The summed E-state index contributed by atoms with van der Waals surface area (Å²) >= 11 is 0.256. The van der Waals surface area contributed by atoms with Crippen molar-refractivity contribution in [2.45, 2.75) is 173 Å². The van der Waals surface area contributed by atoms with Crippen LogP contribution >= 0.6 is 0 Å². The molecule has 8 heterocycles. The number of pyridine rings is 1. The standard InChI is InChI=1S/C61H77F2N8O11.Tl/c1-10-43-46(62)22-18-36-27-41(80-35-76-8)28-44(50(36)43)52-51(63)53-45(30-64-52)55(68-31-38-19-20-39(32-68)70(38)59(75)82-61(5,6)7)66-58(65-53)79-34-40-16-14-25-67(40)24-13-15-37-21-23-48(72)71(37)54(60(2,3)4)56(73)69-33-42(29-47(69)57(74)77-9)81-49-17-11-12-26-78-49;/h18,22,27-28,30,37-40,42,47,49,54H,11-17,19-21,23-26,29,31-35H2,2-9H3;/t37?,38?,39?,40-,42+,47-,49?,54+;/m0./s1. The van der Waals surface area contributed by atoms with Crippen molar-refractivity contribution in [1.82, 2.24) is 34.6 Å². The van der Waals surface area contributed by atoms with Crippen molar-refractivity contribution in [1.29, 1.82) is 0 Å². The predicted molar refractivity (Wildman–Crippen MR) is 305 cm³/mol. The number of hydrogen-bond acceptors (Lipinski definition) is 16. The van der Waals surface area contributed by atoms with E-state index in [1.54, 1.807) is 34.2 Å². The molecule has 0 saturated carbocycles. The van der Waals surface area contributed by atoms with Crippen molar-refractivity contribution in [3.05, 3.63) is 47.7 Å². The van der Waals surface area contributed by atoms with Gasteiger partial charge in [-0.3, -0.25) is 19.4 Å². The second-order valence-corrected chi connectivity index (χ2v) is 26.0. The number of aromatic nitrogens is 3. The fourth-order valence-electron chi connectivity index (χ4n) is 13.3. The molecule has 19 nitrogen and oxygen atoms in total. The summed E-state index contributed by atoms with van der Waals surface area (Å²) in [4.78, 5) is 79.9. The first-order valence-electron chi connectivity index (χ1n) is 29.3. The fourth-order valence-corrected chi connectivity index (χ4v) is 13.8. The van der Waals surface area contributed by atoms with Gasteiger partial charge in [-0.05, 0) is 103 Å². The van der Waals surface area contributed by atoms with Crippen LogP contribution in [0.1, 0.15) is 124 Å². The van der Waals surface area contributed by atoms with Crippen molar-refractivity contribution in [3.63, 3.8) is 0 Å². The Kier molecular flexibility index (Phi) is 18.7. The van der Waals surface area contributed by atoms with Gasteiger partial charge in [0.1, 0.15) is 17.7 Å². The number of ether oxygens (including phenoxy) is 7. The Morgan fingerprint density at radius 1 is 0.928 bits per heavy atom. The summed E-state index contributed by atoms with van der Waals surface area (Å²) in [5.41, 5.74) is -1.08. The average Bonchev–Trinajstić information content (AvgIpc) is 2.39.